The molecule has 8 aromatic heterocycles. The number of nitrogens with zero attached hydrogens (tertiary/aromatic N) is 16. The van der Waals surface area contributed by atoms with E-state index in [9.17, 15) is 24.0 Å². The molecule has 30 nitrogen and oxygen atoms in total. The molecule has 0 saturated carbocycles. The summed E-state index contributed by atoms with van der Waals surface area (Å²) in [5, 5.41) is 48.2. The van der Waals surface area contributed by atoms with E-state index in [0.717, 1.165) is 70.1 Å². The summed E-state index contributed by atoms with van der Waals surface area (Å²) in [5.74, 6) is 2.05. The number of azo groups is 4. The van der Waals surface area contributed by atoms with Gasteiger partial charge in [0.15, 0.2) is 22.7 Å². The third-order valence-electron chi connectivity index (χ3n) is 19.3. The van der Waals surface area contributed by atoms with Crippen molar-refractivity contribution < 1.29 is 28.5 Å². The number of methoxy groups -OCH3 is 2. The zero-order valence-corrected chi connectivity index (χ0v) is 74.9. The van der Waals surface area contributed by atoms with E-state index in [1.165, 1.54) is 71.2 Å². The zero-order chi connectivity index (χ0) is 89.9. The lowest BCUT2D eigenvalue weighted by atomic mass is 10.1. The fourth-order valence-electron chi connectivity index (χ4n) is 12.9. The number of thiazole rings is 4. The first-order valence-electron chi connectivity index (χ1n) is 40.2. The van der Waals surface area contributed by atoms with Gasteiger partial charge in [0.1, 0.15) is 41.0 Å². The molecule has 0 aliphatic rings. The van der Waals surface area contributed by atoms with Crippen LogP contribution < -0.4 is 41.2 Å². The Kier molecular flexibility index (Phi) is 28.8. The van der Waals surface area contributed by atoms with Crippen LogP contribution in [0, 0.1) is 55.4 Å². The van der Waals surface area contributed by atoms with E-state index in [1.807, 2.05) is 223 Å². The first-order valence-corrected chi connectivity index (χ1v) is 43.5. The van der Waals surface area contributed by atoms with E-state index in [2.05, 4.69) is 76.3 Å². The Labute approximate surface area is 749 Å². The smallest absolute Gasteiger partial charge is 0.338 e. The minimum Gasteiger partial charge on any atom is -0.497 e. The Morgan fingerprint density at radius 1 is 0.344 bits per heavy atom. The predicted molar refractivity (Wildman–Crippen MR) is 501 cm³/mol. The molecule has 0 unspecified atom stereocenters. The number of esters is 1. The van der Waals surface area contributed by atoms with Crippen molar-refractivity contribution in [2.45, 2.75) is 75.8 Å². The lowest BCUT2D eigenvalue weighted by molar-refractivity contribution is 0.0526. The summed E-state index contributed by atoms with van der Waals surface area (Å²) in [6.45, 7) is 20.0. The highest BCUT2D eigenvalue weighted by Gasteiger charge is 2.24. The van der Waals surface area contributed by atoms with Crippen LogP contribution in [-0.4, -0.2) is 92.5 Å². The van der Waals surface area contributed by atoms with Gasteiger partial charge in [-0.25, -0.2) is 24.7 Å². The van der Waals surface area contributed by atoms with Crippen LogP contribution in [-0.2, 0) is 11.3 Å². The largest absolute Gasteiger partial charge is 0.497 e. The molecule has 9 aromatic carbocycles. The standard InChI is InChI=1S/C27H23N5O2S.C23H21N5O3S.C22H21N5O3S.C22H21N5O2S/c1-18-24(30-29-22-15-9-10-16-23(22)34-17-20-11-5-3-6-12-20)26(33)32(31-18)27-28-25(19(2)35-27)21-13-7-4-8-14-21;1-4-31-22(30)17-10-12-18(13-11-17)25-26-19-14(2)27-28(21(19)29)23-24-20(15(3)32-23)16-8-6-5-7-9-16;1-13-19(25-24-17-11-10-16(29-3)12-18(17)30-4)21(28)27(26-13)22-23-20(14(2)31-22)15-8-6-5-7-9-15;1-4-29-18-12-8-11-17(13-18)24-25-19-14(2)26-27(21(19)28)22-23-20(15(3)30-22)16-9-6-5-7-10-16/h3-16,31H,17H2,1-2H3;5-13,27H,4H2,1-3H3;5-12,26H,1-4H3;5-13,26H,4H2,1-3H3. The summed E-state index contributed by atoms with van der Waals surface area (Å²) in [5.41, 5.74) is 13.2. The predicted octanol–water partition coefficient (Wildman–Crippen LogP) is 23.5. The van der Waals surface area contributed by atoms with Crippen molar-refractivity contribution >= 4 is 96.8 Å². The molecule has 0 saturated heterocycles. The molecule has 17 aromatic rings. The number of aromatic amines is 4. The molecule has 8 heterocycles. The minimum atomic E-state index is -0.394. The van der Waals surface area contributed by atoms with Crippen LogP contribution in [0.25, 0.3) is 65.6 Å². The van der Waals surface area contributed by atoms with Gasteiger partial charge < -0.3 is 23.7 Å². The SMILES string of the molecule is CCOC(=O)c1ccc(N=Nc2c(C)[nH]n(-c3nc(-c4ccccc4)c(C)s3)c2=O)cc1.CCOc1cccc(N=Nc2c(C)[nH]n(-c3nc(-c4ccccc4)c(C)s3)c2=O)c1.COc1ccc(N=Nc2c(C)[nH]n(-c3nc(-c4ccccc4)c(C)s3)c2=O)c(OC)c1.Cc1[nH]n(-c2nc(-c3ccccc3)c(C)s2)c(=O)c1N=Nc1ccccc1OCc1ccccc1. The number of rotatable bonds is 25. The van der Waals surface area contributed by atoms with E-state index in [0.29, 0.717) is 114 Å². The number of ether oxygens (including phenoxy) is 5. The third kappa shape index (κ3) is 21.0. The Hall–Kier alpha value is -15.4. The summed E-state index contributed by atoms with van der Waals surface area (Å²) < 4.78 is 32.6. The number of nitrogens with one attached hydrogen (secondary N) is 4. The molecule has 0 amide bonds. The van der Waals surface area contributed by atoms with Crippen LogP contribution in [0.5, 0.6) is 23.0 Å². The summed E-state index contributed by atoms with van der Waals surface area (Å²) >= 11 is 5.76. The van der Waals surface area contributed by atoms with Crippen LogP contribution >= 0.6 is 45.3 Å². The van der Waals surface area contributed by atoms with Crippen LogP contribution in [0.15, 0.2) is 303 Å². The van der Waals surface area contributed by atoms with Crippen molar-refractivity contribution in [3.05, 3.63) is 337 Å². The second-order valence-corrected chi connectivity index (χ2v) is 33.0. The van der Waals surface area contributed by atoms with E-state index < -0.39 is 5.97 Å². The first-order chi connectivity index (χ1) is 62.1. The second-order valence-electron chi connectivity index (χ2n) is 28.3. The summed E-state index contributed by atoms with van der Waals surface area (Å²) in [6, 6.07) is 75.8. The van der Waals surface area contributed by atoms with Gasteiger partial charge in [0.25, 0.3) is 0 Å². The zero-order valence-electron chi connectivity index (χ0n) is 71.6. The van der Waals surface area contributed by atoms with Crippen molar-refractivity contribution in [3.63, 3.8) is 0 Å². The van der Waals surface area contributed by atoms with Gasteiger partial charge in [-0.05, 0) is 135 Å². The van der Waals surface area contributed by atoms with Gasteiger partial charge in [-0.2, -0.15) is 29.0 Å². The van der Waals surface area contributed by atoms with Crippen LogP contribution in [0.4, 0.5) is 45.5 Å². The molecule has 34 heteroatoms. The Bertz CT molecular complexity index is 7120. The highest BCUT2D eigenvalue weighted by molar-refractivity contribution is 7.15. The molecule has 17 rings (SSSR count). The highest BCUT2D eigenvalue weighted by Crippen LogP contribution is 2.38. The number of hydrogen-bond donors (Lipinski definition) is 4. The Balaban J connectivity index is 0.000000138. The second kappa shape index (κ2) is 41.4. The average molecular weight is 1780 g/mol. The maximum Gasteiger partial charge on any atom is 0.338 e. The van der Waals surface area contributed by atoms with Gasteiger partial charge in [0, 0.05) is 53.9 Å². The number of aryl methyl sites for hydroxylation is 8. The van der Waals surface area contributed by atoms with Gasteiger partial charge in [0.05, 0.1) is 89.9 Å². The lowest BCUT2D eigenvalue weighted by Crippen LogP contribution is -2.13. The van der Waals surface area contributed by atoms with Crippen molar-refractivity contribution in [2.24, 2.45) is 40.9 Å². The fourth-order valence-corrected chi connectivity index (χ4v) is 16.5. The molecule has 0 atom stereocenters. The van der Waals surface area contributed by atoms with Gasteiger partial charge in [0.2, 0.25) is 20.5 Å². The number of H-pyrrole nitrogens is 4. The molecule has 0 radical (unpaired) electrons. The number of carbonyl (C=O) groups is 1. The molecule has 0 spiro atoms. The molecular formula is C94H86N20O10S4. The lowest BCUT2D eigenvalue weighted by Gasteiger charge is -2.08. The maximum absolute atomic E-state index is 13.2. The summed E-state index contributed by atoms with van der Waals surface area (Å²) in [4.78, 5) is 86.7. The van der Waals surface area contributed by atoms with Crippen LogP contribution in [0.1, 0.15) is 72.1 Å². The highest BCUT2D eigenvalue weighted by atomic mass is 32.1. The number of benzene rings is 9. The van der Waals surface area contributed by atoms with Crippen molar-refractivity contribution in [1.82, 2.24) is 59.1 Å². The number of carbonyl (C=O) groups excluding carboxylic acids is 1. The van der Waals surface area contributed by atoms with Crippen molar-refractivity contribution in [2.75, 3.05) is 27.4 Å². The fraction of sp³-hybridized carbons (Fsp3) is 0.160. The van der Waals surface area contributed by atoms with E-state index >= 15 is 0 Å². The quantitative estimate of drug-likeness (QED) is 0.0305. The monoisotopic (exact) mass is 1780 g/mol. The van der Waals surface area contributed by atoms with Gasteiger partial charge in [-0.1, -0.05) is 215 Å². The maximum atomic E-state index is 13.2. The third-order valence-corrected chi connectivity index (χ3v) is 23.1. The van der Waals surface area contributed by atoms with Gasteiger partial charge in [-0.15, -0.1) is 30.7 Å². The molecule has 4 N–H and O–H groups in total. The van der Waals surface area contributed by atoms with E-state index in [-0.39, 0.29) is 45.0 Å². The van der Waals surface area contributed by atoms with Crippen molar-refractivity contribution in [3.8, 4) is 88.6 Å². The molecule has 0 bridgehead atoms. The molecular weight excluding hydrogens is 1700 g/mol. The minimum absolute atomic E-state index is 0.202. The molecule has 128 heavy (non-hydrogen) atoms. The number of para-hydroxylation sites is 1. The molecule has 0 fully saturated rings. The Morgan fingerprint density at radius 2 is 0.711 bits per heavy atom. The van der Waals surface area contributed by atoms with Crippen molar-refractivity contribution in [1.29, 1.82) is 0 Å². The number of hydrogen-bond acceptors (Lipinski definition) is 26. The van der Waals surface area contributed by atoms with E-state index in [1.54, 1.807) is 96.3 Å². The first kappa shape index (κ1) is 88.9. The van der Waals surface area contributed by atoms with Crippen LogP contribution in [0.2, 0.25) is 0 Å². The van der Waals surface area contributed by atoms with Gasteiger partial charge >= 0.3 is 28.2 Å². The molecule has 0 aliphatic carbocycles. The Morgan fingerprint density at radius 3 is 1.09 bits per heavy atom. The number of aromatic nitrogens is 12. The van der Waals surface area contributed by atoms with E-state index in [4.69, 9.17) is 28.7 Å². The topological polar surface area (TPSA) is 365 Å². The average Bonchev–Trinajstić information content (AvgIpc) is 1.65. The normalized spacial score (nSPS) is 11.2. The van der Waals surface area contributed by atoms with Crippen LogP contribution in [0.3, 0.4) is 0 Å². The summed E-state index contributed by atoms with van der Waals surface area (Å²) in [6.07, 6.45) is 0. The molecule has 646 valence electrons. The summed E-state index contributed by atoms with van der Waals surface area (Å²) in [7, 11) is 3.11. The van der Waals surface area contributed by atoms with Gasteiger partial charge in [-0.3, -0.25) is 39.6 Å². The molecule has 0 aliphatic heterocycles.